The summed E-state index contributed by atoms with van der Waals surface area (Å²) >= 11 is 0. The standard InChI is InChI=1S/C30H46N4O/c1-22-13-25(17-30(35)14-22)6-5-23(2)34-11-7-29(8-12-34)31-18-26-15-27-20-32(21-28(27)16-26)19-24(3)33-9-4-10-33/h13-14,17,26-29,31,35H,2-12,15-16,18-21H2,1H3. The van der Waals surface area contributed by atoms with Crippen molar-refractivity contribution in [3.05, 3.63) is 53.9 Å². The average molecular weight is 479 g/mol. The van der Waals surface area contributed by atoms with Crippen LogP contribution < -0.4 is 5.32 Å². The minimum atomic E-state index is 0.369. The van der Waals surface area contributed by atoms with E-state index in [4.69, 9.17) is 0 Å². The number of nitrogens with zero attached hydrogens (tertiary/aromatic N) is 3. The highest BCUT2D eigenvalue weighted by molar-refractivity contribution is 5.33. The Kier molecular flexibility index (Phi) is 7.74. The highest BCUT2D eigenvalue weighted by Crippen LogP contribution is 2.41. The number of likely N-dealkylation sites (tertiary alicyclic amines) is 3. The fourth-order valence-electron chi connectivity index (χ4n) is 6.97. The SMILES string of the molecule is C=C(CCc1cc(C)cc(O)c1)N1CCC(NCC2CC3CN(CC(=C)N4CCC4)CC3C2)CC1. The molecule has 4 aliphatic rings. The first-order valence-corrected chi connectivity index (χ1v) is 14.0. The molecule has 1 aromatic rings. The number of phenolic OH excluding ortho intramolecular Hbond substituents is 1. The molecule has 192 valence electrons. The van der Waals surface area contributed by atoms with E-state index in [1.54, 1.807) is 0 Å². The second-order valence-electron chi connectivity index (χ2n) is 11.9. The molecule has 2 atom stereocenters. The molecule has 0 aromatic heterocycles. The number of phenols is 1. The molecule has 1 aliphatic carbocycles. The first-order chi connectivity index (χ1) is 16.9. The summed E-state index contributed by atoms with van der Waals surface area (Å²) in [6.07, 6.45) is 8.51. The van der Waals surface area contributed by atoms with E-state index in [-0.39, 0.29) is 0 Å². The summed E-state index contributed by atoms with van der Waals surface area (Å²) in [7, 11) is 0. The smallest absolute Gasteiger partial charge is 0.116 e. The fourth-order valence-corrected chi connectivity index (χ4v) is 6.97. The van der Waals surface area contributed by atoms with Gasteiger partial charge in [-0.05, 0) is 99.4 Å². The zero-order chi connectivity index (χ0) is 24.4. The summed E-state index contributed by atoms with van der Waals surface area (Å²) in [6.45, 7) is 20.3. The number of aryl methyl sites for hydroxylation is 2. The number of hydrogen-bond donors (Lipinski definition) is 2. The maximum atomic E-state index is 9.84. The van der Waals surface area contributed by atoms with Gasteiger partial charge in [0.05, 0.1) is 0 Å². The number of aromatic hydroxyl groups is 1. The average Bonchev–Trinajstić information content (AvgIpc) is 3.32. The van der Waals surface area contributed by atoms with E-state index >= 15 is 0 Å². The normalized spacial score (nSPS) is 27.2. The van der Waals surface area contributed by atoms with E-state index in [0.29, 0.717) is 11.8 Å². The van der Waals surface area contributed by atoms with E-state index in [0.717, 1.165) is 55.8 Å². The first kappa shape index (κ1) is 24.7. The van der Waals surface area contributed by atoms with Gasteiger partial charge in [0.2, 0.25) is 0 Å². The van der Waals surface area contributed by atoms with Gasteiger partial charge in [-0.15, -0.1) is 0 Å². The van der Waals surface area contributed by atoms with Gasteiger partial charge < -0.3 is 20.2 Å². The van der Waals surface area contributed by atoms with Gasteiger partial charge in [0.1, 0.15) is 5.75 Å². The Morgan fingerprint density at radius 2 is 1.66 bits per heavy atom. The third kappa shape index (κ3) is 6.24. The number of benzene rings is 1. The minimum absolute atomic E-state index is 0.369. The lowest BCUT2D eigenvalue weighted by molar-refractivity contribution is 0.204. The lowest BCUT2D eigenvalue weighted by Gasteiger charge is -2.36. The van der Waals surface area contributed by atoms with Crippen LogP contribution in [0, 0.1) is 24.7 Å². The molecular formula is C30H46N4O. The van der Waals surface area contributed by atoms with Crippen molar-refractivity contribution in [3.63, 3.8) is 0 Å². The van der Waals surface area contributed by atoms with Crippen LogP contribution in [0.5, 0.6) is 5.75 Å². The maximum Gasteiger partial charge on any atom is 0.116 e. The Labute approximate surface area is 212 Å². The molecule has 0 amide bonds. The molecule has 0 radical (unpaired) electrons. The highest BCUT2D eigenvalue weighted by Gasteiger charge is 2.41. The number of allylic oxidation sites excluding steroid dienone is 1. The Morgan fingerprint density at radius 3 is 2.29 bits per heavy atom. The van der Waals surface area contributed by atoms with Gasteiger partial charge in [-0.25, -0.2) is 0 Å². The van der Waals surface area contributed by atoms with Gasteiger partial charge in [0.25, 0.3) is 0 Å². The molecule has 3 saturated heterocycles. The minimum Gasteiger partial charge on any atom is -0.508 e. The monoisotopic (exact) mass is 478 g/mol. The molecule has 35 heavy (non-hydrogen) atoms. The zero-order valence-electron chi connectivity index (χ0n) is 21.9. The van der Waals surface area contributed by atoms with Crippen LogP contribution in [0.2, 0.25) is 0 Å². The lowest BCUT2D eigenvalue weighted by Crippen LogP contribution is -2.43. The van der Waals surface area contributed by atoms with Gasteiger partial charge in [-0.2, -0.15) is 0 Å². The molecule has 2 unspecified atom stereocenters. The van der Waals surface area contributed by atoms with Crippen LogP contribution in [0.3, 0.4) is 0 Å². The van der Waals surface area contributed by atoms with Crippen molar-refractivity contribution in [1.29, 1.82) is 0 Å². The Balaban J connectivity index is 0.966. The maximum absolute atomic E-state index is 9.84. The molecule has 4 fully saturated rings. The van der Waals surface area contributed by atoms with Gasteiger partial charge in [-0.3, -0.25) is 4.90 Å². The fraction of sp³-hybridized carbons (Fsp3) is 0.667. The molecule has 3 aliphatic heterocycles. The Morgan fingerprint density at radius 1 is 0.971 bits per heavy atom. The summed E-state index contributed by atoms with van der Waals surface area (Å²) < 4.78 is 0. The molecule has 0 bridgehead atoms. The third-order valence-electron chi connectivity index (χ3n) is 9.10. The van der Waals surface area contributed by atoms with Crippen LogP contribution in [-0.2, 0) is 6.42 Å². The van der Waals surface area contributed by atoms with Crippen molar-refractivity contribution < 1.29 is 5.11 Å². The predicted octanol–water partition coefficient (Wildman–Crippen LogP) is 4.38. The summed E-state index contributed by atoms with van der Waals surface area (Å²) in [4.78, 5) is 7.61. The first-order valence-electron chi connectivity index (χ1n) is 14.0. The predicted molar refractivity (Wildman–Crippen MR) is 144 cm³/mol. The zero-order valence-corrected chi connectivity index (χ0v) is 21.9. The molecule has 3 heterocycles. The van der Waals surface area contributed by atoms with E-state index in [1.165, 1.54) is 81.8 Å². The summed E-state index contributed by atoms with van der Waals surface area (Å²) in [5.74, 6) is 3.05. The van der Waals surface area contributed by atoms with Crippen molar-refractivity contribution in [2.75, 3.05) is 52.4 Å². The van der Waals surface area contributed by atoms with Crippen molar-refractivity contribution in [2.45, 2.75) is 57.9 Å². The van der Waals surface area contributed by atoms with E-state index in [9.17, 15) is 5.11 Å². The second kappa shape index (κ2) is 11.0. The quantitative estimate of drug-likeness (QED) is 0.522. The van der Waals surface area contributed by atoms with Gasteiger partial charge in [0.15, 0.2) is 0 Å². The lowest BCUT2D eigenvalue weighted by atomic mass is 10.00. The highest BCUT2D eigenvalue weighted by atomic mass is 16.3. The van der Waals surface area contributed by atoms with Crippen LogP contribution in [0.1, 0.15) is 49.7 Å². The second-order valence-corrected chi connectivity index (χ2v) is 11.9. The topological polar surface area (TPSA) is 42.0 Å². The third-order valence-corrected chi connectivity index (χ3v) is 9.10. The van der Waals surface area contributed by atoms with Gasteiger partial charge >= 0.3 is 0 Å². The Hall–Kier alpha value is -1.98. The van der Waals surface area contributed by atoms with Crippen LogP contribution >= 0.6 is 0 Å². The molecule has 5 nitrogen and oxygen atoms in total. The number of hydrogen-bond acceptors (Lipinski definition) is 5. The van der Waals surface area contributed by atoms with E-state index in [2.05, 4.69) is 39.2 Å². The van der Waals surface area contributed by atoms with E-state index < -0.39 is 0 Å². The van der Waals surface area contributed by atoms with E-state index in [1.807, 2.05) is 19.1 Å². The van der Waals surface area contributed by atoms with Gasteiger partial charge in [-0.1, -0.05) is 19.2 Å². The van der Waals surface area contributed by atoms with Crippen molar-refractivity contribution in [1.82, 2.24) is 20.0 Å². The molecule has 0 spiro atoms. The molecule has 1 aromatic carbocycles. The number of fused-ring (bicyclic) bond motifs is 1. The largest absolute Gasteiger partial charge is 0.508 e. The van der Waals surface area contributed by atoms with Gasteiger partial charge in [0, 0.05) is 63.2 Å². The molecule has 2 N–H and O–H groups in total. The number of piperidine rings is 1. The molecule has 5 rings (SSSR count). The molecule has 1 saturated carbocycles. The number of nitrogens with one attached hydrogen (secondary N) is 1. The van der Waals surface area contributed by atoms with Crippen molar-refractivity contribution in [2.24, 2.45) is 17.8 Å². The molecular weight excluding hydrogens is 432 g/mol. The summed E-state index contributed by atoms with van der Waals surface area (Å²) in [5.41, 5.74) is 4.91. The summed E-state index contributed by atoms with van der Waals surface area (Å²) in [5, 5.41) is 13.8. The van der Waals surface area contributed by atoms with Crippen molar-refractivity contribution in [3.8, 4) is 5.75 Å². The summed E-state index contributed by atoms with van der Waals surface area (Å²) in [6, 6.07) is 6.52. The van der Waals surface area contributed by atoms with Crippen LogP contribution in [0.25, 0.3) is 0 Å². The number of rotatable bonds is 10. The Bertz CT molecular complexity index is 867. The molecule has 5 heteroatoms. The van der Waals surface area contributed by atoms with Crippen LogP contribution in [0.4, 0.5) is 0 Å². The van der Waals surface area contributed by atoms with Crippen molar-refractivity contribution >= 4 is 0 Å². The van der Waals surface area contributed by atoms with Crippen LogP contribution in [-0.4, -0.2) is 78.2 Å². The van der Waals surface area contributed by atoms with Crippen LogP contribution in [0.15, 0.2) is 42.8 Å².